The summed E-state index contributed by atoms with van der Waals surface area (Å²) in [6.45, 7) is 2.74. The number of quaternary nitrogens is 1. The van der Waals surface area contributed by atoms with E-state index in [-0.39, 0.29) is 5.91 Å². The van der Waals surface area contributed by atoms with Crippen molar-refractivity contribution >= 4 is 27.5 Å². The van der Waals surface area contributed by atoms with Gasteiger partial charge in [0.05, 0.1) is 7.05 Å². The van der Waals surface area contributed by atoms with E-state index in [1.165, 1.54) is 0 Å². The Kier molecular flexibility index (Phi) is 6.33. The first-order valence-electron chi connectivity index (χ1n) is 7.56. The number of nitrogens with one attached hydrogen (secondary N) is 2. The molecule has 23 heavy (non-hydrogen) atoms. The molecule has 122 valence electrons. The smallest absolute Gasteiger partial charge is 0.279 e. The van der Waals surface area contributed by atoms with Gasteiger partial charge in [-0.3, -0.25) is 4.79 Å². The van der Waals surface area contributed by atoms with Crippen LogP contribution in [-0.4, -0.2) is 31.2 Å². The topological polar surface area (TPSA) is 53.8 Å². The highest BCUT2D eigenvalue weighted by atomic mass is 79.9. The summed E-state index contributed by atoms with van der Waals surface area (Å²) in [6.07, 6.45) is -0.571. The lowest BCUT2D eigenvalue weighted by molar-refractivity contribution is -0.875. The Morgan fingerprint density at radius 3 is 2.61 bits per heavy atom. The van der Waals surface area contributed by atoms with Gasteiger partial charge in [0.2, 0.25) is 0 Å². The molecule has 0 saturated carbocycles. The highest BCUT2D eigenvalue weighted by Crippen LogP contribution is 2.19. The van der Waals surface area contributed by atoms with Crippen LogP contribution in [0.2, 0.25) is 0 Å². The maximum Gasteiger partial charge on any atom is 0.279 e. The molecule has 2 atom stereocenters. The summed E-state index contributed by atoms with van der Waals surface area (Å²) in [7, 11) is 1.90. The van der Waals surface area contributed by atoms with Crippen LogP contribution in [0, 0.1) is 6.92 Å². The minimum Gasteiger partial charge on any atom is -0.382 e. The SMILES string of the molecule is Cc1cc(Br)ccc1NC(=O)C[NH+](C)C[C@@H](O)c1ccccc1. The van der Waals surface area contributed by atoms with Gasteiger partial charge in [-0.1, -0.05) is 46.3 Å². The van der Waals surface area contributed by atoms with Crippen LogP contribution >= 0.6 is 15.9 Å². The van der Waals surface area contributed by atoms with Crippen molar-refractivity contribution < 1.29 is 14.8 Å². The molecule has 0 aliphatic rings. The fourth-order valence-electron chi connectivity index (χ4n) is 2.43. The molecule has 5 heteroatoms. The molecule has 1 amide bonds. The van der Waals surface area contributed by atoms with Gasteiger partial charge in [-0.25, -0.2) is 0 Å². The summed E-state index contributed by atoms with van der Waals surface area (Å²) in [4.78, 5) is 13.1. The number of carbonyl (C=O) groups is 1. The Bertz CT molecular complexity index is 661. The number of aliphatic hydroxyl groups is 1. The Labute approximate surface area is 145 Å². The summed E-state index contributed by atoms with van der Waals surface area (Å²) in [5.41, 5.74) is 2.69. The third-order valence-electron chi connectivity index (χ3n) is 3.65. The molecule has 4 nitrogen and oxygen atoms in total. The Balaban J connectivity index is 1.87. The highest BCUT2D eigenvalue weighted by molar-refractivity contribution is 9.10. The van der Waals surface area contributed by atoms with Crippen LogP contribution in [-0.2, 0) is 4.79 Å². The minimum atomic E-state index is -0.571. The molecule has 0 aromatic heterocycles. The molecule has 3 N–H and O–H groups in total. The van der Waals surface area contributed by atoms with Crippen molar-refractivity contribution in [1.29, 1.82) is 0 Å². The zero-order chi connectivity index (χ0) is 16.8. The second kappa shape index (κ2) is 8.24. The molecular weight excluding hydrogens is 356 g/mol. The first-order chi connectivity index (χ1) is 11.0. The first-order valence-corrected chi connectivity index (χ1v) is 8.35. The van der Waals surface area contributed by atoms with E-state index in [1.807, 2.05) is 62.5 Å². The molecule has 2 rings (SSSR count). The zero-order valence-corrected chi connectivity index (χ0v) is 14.9. The van der Waals surface area contributed by atoms with Crippen molar-refractivity contribution in [3.05, 3.63) is 64.1 Å². The average Bonchev–Trinajstić information content (AvgIpc) is 2.50. The monoisotopic (exact) mass is 377 g/mol. The molecule has 0 aliphatic carbocycles. The first kappa shape index (κ1) is 17.7. The van der Waals surface area contributed by atoms with Crippen molar-refractivity contribution in [3.8, 4) is 0 Å². The summed E-state index contributed by atoms with van der Waals surface area (Å²) in [6, 6.07) is 15.2. The van der Waals surface area contributed by atoms with E-state index in [2.05, 4.69) is 21.2 Å². The molecule has 0 heterocycles. The Morgan fingerprint density at radius 1 is 1.26 bits per heavy atom. The van der Waals surface area contributed by atoms with Crippen LogP contribution in [0.3, 0.4) is 0 Å². The molecule has 2 aromatic rings. The van der Waals surface area contributed by atoms with Gasteiger partial charge in [0.1, 0.15) is 12.6 Å². The van der Waals surface area contributed by atoms with Gasteiger partial charge in [-0.05, 0) is 36.2 Å². The van der Waals surface area contributed by atoms with Crippen molar-refractivity contribution in [1.82, 2.24) is 0 Å². The molecule has 0 bridgehead atoms. The van der Waals surface area contributed by atoms with Gasteiger partial charge in [-0.2, -0.15) is 0 Å². The largest absolute Gasteiger partial charge is 0.382 e. The maximum atomic E-state index is 12.2. The number of likely N-dealkylation sites (N-methyl/N-ethyl adjacent to an activating group) is 1. The number of halogens is 1. The second-order valence-electron chi connectivity index (χ2n) is 5.77. The fourth-order valence-corrected chi connectivity index (χ4v) is 2.91. The van der Waals surface area contributed by atoms with Crippen LogP contribution in [0.25, 0.3) is 0 Å². The number of aliphatic hydroxyl groups excluding tert-OH is 1. The van der Waals surface area contributed by atoms with Gasteiger partial charge in [0.15, 0.2) is 6.54 Å². The molecule has 2 aromatic carbocycles. The van der Waals surface area contributed by atoms with Crippen LogP contribution in [0.4, 0.5) is 5.69 Å². The van der Waals surface area contributed by atoms with Gasteiger partial charge >= 0.3 is 0 Å². The molecular formula is C18H22BrN2O2+. The van der Waals surface area contributed by atoms with Crippen LogP contribution in [0.5, 0.6) is 0 Å². The fraction of sp³-hybridized carbons (Fsp3) is 0.278. The Morgan fingerprint density at radius 2 is 1.96 bits per heavy atom. The lowest BCUT2D eigenvalue weighted by Crippen LogP contribution is -3.10. The number of carbonyl (C=O) groups excluding carboxylic acids is 1. The molecule has 1 unspecified atom stereocenters. The van der Waals surface area contributed by atoms with E-state index in [9.17, 15) is 9.90 Å². The number of anilines is 1. The van der Waals surface area contributed by atoms with Gasteiger partial charge in [0, 0.05) is 10.2 Å². The molecule has 0 spiro atoms. The van der Waals surface area contributed by atoms with Crippen LogP contribution in [0.15, 0.2) is 53.0 Å². The van der Waals surface area contributed by atoms with Crippen molar-refractivity contribution in [2.75, 3.05) is 25.5 Å². The molecule has 0 aliphatic heterocycles. The summed E-state index contributed by atoms with van der Waals surface area (Å²) in [5, 5.41) is 13.1. The van der Waals surface area contributed by atoms with Crippen molar-refractivity contribution in [3.63, 3.8) is 0 Å². The van der Waals surface area contributed by atoms with Crippen LogP contribution < -0.4 is 10.2 Å². The number of hydrogen-bond acceptors (Lipinski definition) is 2. The zero-order valence-electron chi connectivity index (χ0n) is 13.3. The maximum absolute atomic E-state index is 12.2. The van der Waals surface area contributed by atoms with E-state index >= 15 is 0 Å². The van der Waals surface area contributed by atoms with Gasteiger partial charge < -0.3 is 15.3 Å². The third kappa shape index (κ3) is 5.46. The lowest BCUT2D eigenvalue weighted by atomic mass is 10.1. The average molecular weight is 378 g/mol. The second-order valence-corrected chi connectivity index (χ2v) is 6.69. The van der Waals surface area contributed by atoms with Crippen molar-refractivity contribution in [2.45, 2.75) is 13.0 Å². The number of aryl methyl sites for hydroxylation is 1. The van der Waals surface area contributed by atoms with E-state index in [1.54, 1.807) is 0 Å². The normalized spacial score (nSPS) is 13.4. The predicted molar refractivity (Wildman–Crippen MR) is 95.5 cm³/mol. The number of hydrogen-bond donors (Lipinski definition) is 3. The summed E-state index contributed by atoms with van der Waals surface area (Å²) < 4.78 is 0.988. The van der Waals surface area contributed by atoms with Crippen LogP contribution in [0.1, 0.15) is 17.2 Å². The van der Waals surface area contributed by atoms with E-state index in [0.29, 0.717) is 13.1 Å². The summed E-state index contributed by atoms with van der Waals surface area (Å²) in [5.74, 6) is -0.0619. The quantitative estimate of drug-likeness (QED) is 0.720. The molecule has 0 fully saturated rings. The van der Waals surface area contributed by atoms with Crippen molar-refractivity contribution in [2.24, 2.45) is 0 Å². The number of benzene rings is 2. The predicted octanol–water partition coefficient (Wildman–Crippen LogP) is 1.94. The van der Waals surface area contributed by atoms with E-state index in [0.717, 1.165) is 26.2 Å². The molecule has 0 saturated heterocycles. The number of amides is 1. The van der Waals surface area contributed by atoms with Gasteiger partial charge in [-0.15, -0.1) is 0 Å². The van der Waals surface area contributed by atoms with E-state index < -0.39 is 6.10 Å². The minimum absolute atomic E-state index is 0.0619. The van der Waals surface area contributed by atoms with Gasteiger partial charge in [0.25, 0.3) is 5.91 Å². The third-order valence-corrected chi connectivity index (χ3v) is 4.14. The standard InChI is InChI=1S/C18H21BrN2O2/c1-13-10-15(19)8-9-16(13)20-18(23)12-21(2)11-17(22)14-6-4-3-5-7-14/h3-10,17,22H,11-12H2,1-2H3,(H,20,23)/p+1/t17-/m1/s1. The highest BCUT2D eigenvalue weighted by Gasteiger charge is 2.16. The molecule has 0 radical (unpaired) electrons. The Hall–Kier alpha value is -1.69. The number of rotatable bonds is 6. The summed E-state index contributed by atoms with van der Waals surface area (Å²) >= 11 is 3.41. The van der Waals surface area contributed by atoms with E-state index in [4.69, 9.17) is 0 Å². The lowest BCUT2D eigenvalue weighted by Gasteiger charge is -2.18.